The minimum Gasteiger partial charge on any atom is -0.352 e. The summed E-state index contributed by atoms with van der Waals surface area (Å²) in [6.07, 6.45) is 8.29. The summed E-state index contributed by atoms with van der Waals surface area (Å²) in [5, 5.41) is 8.82. The van der Waals surface area contributed by atoms with E-state index in [1.807, 2.05) is 6.92 Å². The van der Waals surface area contributed by atoms with Gasteiger partial charge in [0.05, 0.1) is 6.04 Å². The van der Waals surface area contributed by atoms with Gasteiger partial charge < -0.3 is 5.32 Å². The Morgan fingerprint density at radius 1 is 1.38 bits per heavy atom. The van der Waals surface area contributed by atoms with E-state index < -0.39 is 0 Å². The molecule has 1 saturated carbocycles. The summed E-state index contributed by atoms with van der Waals surface area (Å²) >= 11 is 1.77. The number of amides is 1. The van der Waals surface area contributed by atoms with E-state index in [-0.39, 0.29) is 11.9 Å². The van der Waals surface area contributed by atoms with Crippen LogP contribution in [0.4, 0.5) is 0 Å². The molecule has 1 fully saturated rings. The summed E-state index contributed by atoms with van der Waals surface area (Å²) in [7, 11) is 0. The second-order valence-electron chi connectivity index (χ2n) is 6.09. The lowest BCUT2D eigenvalue weighted by Gasteiger charge is -2.26. The van der Waals surface area contributed by atoms with Crippen molar-refractivity contribution in [3.8, 4) is 0 Å². The molecule has 118 valence electrons. The minimum atomic E-state index is -0.134. The molecule has 0 radical (unpaired) electrons. The molecule has 1 aliphatic carbocycles. The molecule has 4 heteroatoms. The van der Waals surface area contributed by atoms with Crippen molar-refractivity contribution in [2.75, 3.05) is 0 Å². The van der Waals surface area contributed by atoms with Crippen LogP contribution in [0.3, 0.4) is 0 Å². The maximum Gasteiger partial charge on any atom is 0.237 e. The number of thiophene rings is 1. The van der Waals surface area contributed by atoms with Crippen LogP contribution in [-0.2, 0) is 4.79 Å². The van der Waals surface area contributed by atoms with Gasteiger partial charge in [-0.15, -0.1) is 11.3 Å². The first-order chi connectivity index (χ1) is 10.2. The molecule has 1 amide bonds. The average Bonchev–Trinajstić information content (AvgIpc) is 3.02. The van der Waals surface area contributed by atoms with Crippen LogP contribution in [0.5, 0.6) is 0 Å². The molecule has 1 aromatic heterocycles. The fourth-order valence-corrected chi connectivity index (χ4v) is 3.86. The van der Waals surface area contributed by atoms with Crippen LogP contribution in [0, 0.1) is 0 Å². The van der Waals surface area contributed by atoms with Crippen LogP contribution in [0.15, 0.2) is 17.5 Å². The second kappa shape index (κ2) is 8.54. The van der Waals surface area contributed by atoms with Gasteiger partial charge in [-0.3, -0.25) is 10.1 Å². The van der Waals surface area contributed by atoms with E-state index >= 15 is 0 Å². The lowest BCUT2D eigenvalue weighted by Crippen LogP contribution is -2.47. The van der Waals surface area contributed by atoms with Gasteiger partial charge in [0.15, 0.2) is 0 Å². The van der Waals surface area contributed by atoms with E-state index in [0.29, 0.717) is 12.1 Å². The van der Waals surface area contributed by atoms with Gasteiger partial charge in [0, 0.05) is 17.0 Å². The van der Waals surface area contributed by atoms with E-state index in [4.69, 9.17) is 0 Å². The van der Waals surface area contributed by atoms with Crippen LogP contribution >= 0.6 is 11.3 Å². The van der Waals surface area contributed by atoms with E-state index in [1.165, 1.54) is 24.1 Å². The quantitative estimate of drug-likeness (QED) is 0.799. The molecule has 0 spiro atoms. The number of nitrogens with one attached hydrogen (secondary N) is 2. The van der Waals surface area contributed by atoms with Crippen molar-refractivity contribution in [3.63, 3.8) is 0 Å². The molecule has 1 aliphatic rings. The third-order valence-electron chi connectivity index (χ3n) is 4.26. The summed E-state index contributed by atoms with van der Waals surface area (Å²) < 4.78 is 0. The van der Waals surface area contributed by atoms with Gasteiger partial charge in [-0.1, -0.05) is 38.7 Å². The van der Waals surface area contributed by atoms with Crippen LogP contribution in [0.1, 0.15) is 69.7 Å². The van der Waals surface area contributed by atoms with Crippen molar-refractivity contribution in [3.05, 3.63) is 22.4 Å². The molecule has 2 rings (SSSR count). The van der Waals surface area contributed by atoms with Crippen molar-refractivity contribution in [1.82, 2.24) is 10.6 Å². The zero-order valence-electron chi connectivity index (χ0n) is 13.2. The Morgan fingerprint density at radius 2 is 2.14 bits per heavy atom. The Morgan fingerprint density at radius 3 is 2.76 bits per heavy atom. The molecule has 2 N–H and O–H groups in total. The molecule has 0 saturated heterocycles. The summed E-state index contributed by atoms with van der Waals surface area (Å²) in [6.45, 7) is 4.17. The average molecular weight is 308 g/mol. The van der Waals surface area contributed by atoms with Crippen LogP contribution < -0.4 is 10.6 Å². The number of rotatable bonds is 7. The standard InChI is InChI=1S/C17H28N2OS/c1-3-8-15(16-11-7-12-21-16)18-13(2)17(20)19-14-9-5-4-6-10-14/h7,11-15,18H,3-6,8-10H2,1-2H3,(H,19,20). The molecule has 1 aromatic rings. The number of carbonyl (C=O) groups is 1. The Hall–Kier alpha value is -0.870. The van der Waals surface area contributed by atoms with Crippen molar-refractivity contribution >= 4 is 17.2 Å². The predicted molar refractivity (Wildman–Crippen MR) is 89.6 cm³/mol. The summed E-state index contributed by atoms with van der Waals surface area (Å²) in [4.78, 5) is 13.7. The molecule has 0 aliphatic heterocycles. The topological polar surface area (TPSA) is 41.1 Å². The maximum absolute atomic E-state index is 12.4. The number of hydrogen-bond acceptors (Lipinski definition) is 3. The highest BCUT2D eigenvalue weighted by Crippen LogP contribution is 2.24. The monoisotopic (exact) mass is 308 g/mol. The Balaban J connectivity index is 1.85. The molecule has 0 bridgehead atoms. The van der Waals surface area contributed by atoms with Crippen LogP contribution in [-0.4, -0.2) is 18.0 Å². The highest BCUT2D eigenvalue weighted by Gasteiger charge is 2.22. The molecular weight excluding hydrogens is 280 g/mol. The SMILES string of the molecule is CCCC(NC(C)C(=O)NC1CCCCC1)c1cccs1. The zero-order chi connectivity index (χ0) is 15.1. The fraction of sp³-hybridized carbons (Fsp3) is 0.706. The van der Waals surface area contributed by atoms with Gasteiger partial charge in [-0.2, -0.15) is 0 Å². The third-order valence-corrected chi connectivity index (χ3v) is 5.25. The lowest BCUT2D eigenvalue weighted by molar-refractivity contribution is -0.123. The van der Waals surface area contributed by atoms with Crippen LogP contribution in [0.25, 0.3) is 0 Å². The first kappa shape index (κ1) is 16.5. The normalized spacial score (nSPS) is 19.1. The third kappa shape index (κ3) is 5.11. The molecule has 2 atom stereocenters. The van der Waals surface area contributed by atoms with E-state index in [0.717, 1.165) is 25.7 Å². The van der Waals surface area contributed by atoms with E-state index in [2.05, 4.69) is 35.1 Å². The molecule has 3 nitrogen and oxygen atoms in total. The molecule has 2 unspecified atom stereocenters. The Bertz CT molecular complexity index is 412. The fourth-order valence-electron chi connectivity index (χ4n) is 3.04. The van der Waals surface area contributed by atoms with Crippen molar-refractivity contribution in [2.45, 2.75) is 76.9 Å². The highest BCUT2D eigenvalue weighted by molar-refractivity contribution is 7.10. The first-order valence-corrected chi connectivity index (χ1v) is 9.18. The van der Waals surface area contributed by atoms with Crippen molar-refractivity contribution < 1.29 is 4.79 Å². The highest BCUT2D eigenvalue weighted by atomic mass is 32.1. The largest absolute Gasteiger partial charge is 0.352 e. The summed E-state index contributed by atoms with van der Waals surface area (Å²) in [6, 6.07) is 4.79. The van der Waals surface area contributed by atoms with Gasteiger partial charge in [-0.05, 0) is 37.6 Å². The molecule has 21 heavy (non-hydrogen) atoms. The lowest BCUT2D eigenvalue weighted by atomic mass is 9.95. The van der Waals surface area contributed by atoms with Gasteiger partial charge >= 0.3 is 0 Å². The zero-order valence-corrected chi connectivity index (χ0v) is 14.0. The molecule has 1 heterocycles. The second-order valence-corrected chi connectivity index (χ2v) is 7.07. The summed E-state index contributed by atoms with van der Waals surface area (Å²) in [5.74, 6) is 0.152. The van der Waals surface area contributed by atoms with E-state index in [9.17, 15) is 4.79 Å². The smallest absolute Gasteiger partial charge is 0.237 e. The number of carbonyl (C=O) groups excluding carboxylic acids is 1. The molecular formula is C17H28N2OS. The van der Waals surface area contributed by atoms with Crippen LogP contribution in [0.2, 0.25) is 0 Å². The first-order valence-electron chi connectivity index (χ1n) is 8.30. The minimum absolute atomic E-state index is 0.134. The predicted octanol–water partition coefficient (Wildman–Crippen LogP) is 4.02. The van der Waals surface area contributed by atoms with Gasteiger partial charge in [-0.25, -0.2) is 0 Å². The number of hydrogen-bond donors (Lipinski definition) is 2. The van der Waals surface area contributed by atoms with Gasteiger partial charge in [0.25, 0.3) is 0 Å². The summed E-state index contributed by atoms with van der Waals surface area (Å²) in [5.41, 5.74) is 0. The Labute approximate surface area is 132 Å². The van der Waals surface area contributed by atoms with Crippen molar-refractivity contribution in [2.24, 2.45) is 0 Å². The Kier molecular flexibility index (Phi) is 6.71. The maximum atomic E-state index is 12.4. The van der Waals surface area contributed by atoms with Gasteiger partial charge in [0.2, 0.25) is 5.91 Å². The van der Waals surface area contributed by atoms with Gasteiger partial charge in [0.1, 0.15) is 0 Å². The van der Waals surface area contributed by atoms with E-state index in [1.54, 1.807) is 11.3 Å². The van der Waals surface area contributed by atoms with Crippen molar-refractivity contribution in [1.29, 1.82) is 0 Å². The molecule has 0 aromatic carbocycles.